The van der Waals surface area contributed by atoms with E-state index in [1.807, 2.05) is 12.1 Å². The summed E-state index contributed by atoms with van der Waals surface area (Å²) in [5.41, 5.74) is -0.389. The van der Waals surface area contributed by atoms with Crippen molar-refractivity contribution in [3.63, 3.8) is 0 Å². The van der Waals surface area contributed by atoms with Crippen molar-refractivity contribution >= 4 is 29.9 Å². The molecule has 8 heteroatoms. The number of guanidine groups is 1. The highest BCUT2D eigenvalue weighted by Gasteiger charge is 2.30. The van der Waals surface area contributed by atoms with Crippen LogP contribution >= 0.6 is 24.0 Å². The Bertz CT molecular complexity index is 762. The Morgan fingerprint density at radius 1 is 1.19 bits per heavy atom. The molecule has 0 bridgehead atoms. The summed E-state index contributed by atoms with van der Waals surface area (Å²) in [4.78, 5) is 4.05. The van der Waals surface area contributed by atoms with Gasteiger partial charge in [0.1, 0.15) is 5.76 Å². The molecule has 4 nitrogen and oxygen atoms in total. The van der Waals surface area contributed by atoms with Crippen LogP contribution in [0.5, 0.6) is 0 Å². The number of halogens is 4. The molecule has 0 aliphatic heterocycles. The fourth-order valence-corrected chi connectivity index (χ4v) is 2.03. The fraction of sp³-hybridized carbons (Fsp3) is 0.278. The van der Waals surface area contributed by atoms with E-state index in [-0.39, 0.29) is 30.5 Å². The molecule has 0 saturated heterocycles. The van der Waals surface area contributed by atoms with Gasteiger partial charge in [-0.1, -0.05) is 17.9 Å². The summed E-state index contributed by atoms with van der Waals surface area (Å²) < 4.78 is 43.1. The maximum Gasteiger partial charge on any atom is 0.416 e. The Balaban J connectivity index is 0.00000338. The first-order valence-electron chi connectivity index (χ1n) is 7.62. The lowest BCUT2D eigenvalue weighted by Crippen LogP contribution is -2.38. The number of rotatable bonds is 4. The minimum Gasteiger partial charge on any atom is -0.469 e. The number of hydrogen-bond donors (Lipinski definition) is 2. The van der Waals surface area contributed by atoms with Crippen LogP contribution in [-0.4, -0.2) is 26.1 Å². The average molecular weight is 477 g/mol. The summed E-state index contributed by atoms with van der Waals surface area (Å²) in [6, 6.07) is 8.65. The SMILES string of the molecule is CN=C(NCC#Cc1cccc(C(F)(F)F)c1)NCCc1ccco1.I. The molecule has 1 aromatic carbocycles. The lowest BCUT2D eigenvalue weighted by Gasteiger charge is -2.08. The van der Waals surface area contributed by atoms with Crippen molar-refractivity contribution in [3.05, 3.63) is 59.5 Å². The molecule has 1 aromatic heterocycles. The van der Waals surface area contributed by atoms with Gasteiger partial charge in [0.05, 0.1) is 18.4 Å². The normalized spacial score (nSPS) is 11.2. The minimum absolute atomic E-state index is 0. The quantitative estimate of drug-likeness (QED) is 0.306. The van der Waals surface area contributed by atoms with Crippen LogP contribution in [0.2, 0.25) is 0 Å². The molecule has 0 unspecified atom stereocenters. The second kappa shape index (κ2) is 10.8. The Morgan fingerprint density at radius 2 is 2.00 bits per heavy atom. The van der Waals surface area contributed by atoms with Crippen molar-refractivity contribution in [3.8, 4) is 11.8 Å². The lowest BCUT2D eigenvalue weighted by molar-refractivity contribution is -0.137. The van der Waals surface area contributed by atoms with Gasteiger partial charge in [-0.15, -0.1) is 24.0 Å². The molecule has 0 spiro atoms. The minimum atomic E-state index is -4.37. The molecule has 0 fully saturated rings. The fourth-order valence-electron chi connectivity index (χ4n) is 2.03. The summed E-state index contributed by atoms with van der Waals surface area (Å²) in [7, 11) is 1.63. The van der Waals surface area contributed by atoms with Crippen LogP contribution in [0.3, 0.4) is 0 Å². The summed E-state index contributed by atoms with van der Waals surface area (Å²) in [5.74, 6) is 6.91. The van der Waals surface area contributed by atoms with Crippen LogP contribution in [0.25, 0.3) is 0 Å². The molecule has 2 N–H and O–H groups in total. The van der Waals surface area contributed by atoms with E-state index in [2.05, 4.69) is 27.5 Å². The maximum atomic E-state index is 12.6. The van der Waals surface area contributed by atoms with Gasteiger partial charge >= 0.3 is 6.18 Å². The second-order valence-electron chi connectivity index (χ2n) is 5.06. The Morgan fingerprint density at radius 3 is 2.65 bits per heavy atom. The van der Waals surface area contributed by atoms with Gasteiger partial charge in [-0.25, -0.2) is 0 Å². The molecule has 0 amide bonds. The third kappa shape index (κ3) is 7.39. The van der Waals surface area contributed by atoms with E-state index in [4.69, 9.17) is 4.42 Å². The van der Waals surface area contributed by atoms with E-state index in [1.165, 1.54) is 6.07 Å². The molecule has 1 heterocycles. The molecule has 0 aliphatic carbocycles. The van der Waals surface area contributed by atoms with Crippen LogP contribution in [0.4, 0.5) is 13.2 Å². The zero-order chi connectivity index (χ0) is 18.1. The van der Waals surface area contributed by atoms with Gasteiger partial charge in [-0.2, -0.15) is 13.2 Å². The molecular formula is C18H19F3IN3O. The highest BCUT2D eigenvalue weighted by Crippen LogP contribution is 2.29. The molecule has 140 valence electrons. The van der Waals surface area contributed by atoms with Crippen LogP contribution in [0.1, 0.15) is 16.9 Å². The van der Waals surface area contributed by atoms with E-state index in [0.29, 0.717) is 24.5 Å². The third-order valence-electron chi connectivity index (χ3n) is 3.23. The first-order chi connectivity index (χ1) is 12.0. The molecule has 26 heavy (non-hydrogen) atoms. The number of aliphatic imine (C=N–C) groups is 1. The number of benzene rings is 1. The molecule has 0 saturated carbocycles. The average Bonchev–Trinajstić information content (AvgIpc) is 3.10. The van der Waals surface area contributed by atoms with Gasteiger partial charge in [-0.05, 0) is 30.3 Å². The van der Waals surface area contributed by atoms with E-state index in [9.17, 15) is 13.2 Å². The van der Waals surface area contributed by atoms with Crippen LogP contribution in [0, 0.1) is 11.8 Å². The number of nitrogens with zero attached hydrogens (tertiary/aromatic N) is 1. The molecule has 2 aromatic rings. The topological polar surface area (TPSA) is 49.6 Å². The zero-order valence-corrected chi connectivity index (χ0v) is 16.4. The number of furan rings is 1. The smallest absolute Gasteiger partial charge is 0.416 e. The molecule has 2 rings (SSSR count). The first-order valence-corrected chi connectivity index (χ1v) is 7.62. The molecule has 0 aliphatic rings. The number of alkyl halides is 3. The van der Waals surface area contributed by atoms with Crippen LogP contribution in [-0.2, 0) is 12.6 Å². The summed E-state index contributed by atoms with van der Waals surface area (Å²) in [6.07, 6.45) is -2.04. The van der Waals surface area contributed by atoms with E-state index < -0.39 is 11.7 Å². The first kappa shape index (κ1) is 21.9. The largest absolute Gasteiger partial charge is 0.469 e. The van der Waals surface area contributed by atoms with Gasteiger partial charge in [0.2, 0.25) is 0 Å². The summed E-state index contributed by atoms with van der Waals surface area (Å²) >= 11 is 0. The van der Waals surface area contributed by atoms with Crippen molar-refractivity contribution < 1.29 is 17.6 Å². The number of nitrogens with one attached hydrogen (secondary N) is 2. The van der Waals surface area contributed by atoms with E-state index >= 15 is 0 Å². The highest BCUT2D eigenvalue weighted by atomic mass is 127. The van der Waals surface area contributed by atoms with Crippen molar-refractivity contribution in [2.45, 2.75) is 12.6 Å². The molecule has 0 atom stereocenters. The highest BCUT2D eigenvalue weighted by molar-refractivity contribution is 14.0. The predicted octanol–water partition coefficient (Wildman–Crippen LogP) is 3.68. The van der Waals surface area contributed by atoms with Crippen LogP contribution < -0.4 is 10.6 Å². The summed E-state index contributed by atoms with van der Waals surface area (Å²) in [6.45, 7) is 0.894. The Hall–Kier alpha value is -2.15. The van der Waals surface area contributed by atoms with Crippen molar-refractivity contribution in [2.75, 3.05) is 20.1 Å². The second-order valence-corrected chi connectivity index (χ2v) is 5.06. The monoisotopic (exact) mass is 477 g/mol. The Labute approximate surface area is 167 Å². The number of hydrogen-bond acceptors (Lipinski definition) is 2. The van der Waals surface area contributed by atoms with Gasteiger partial charge in [0.25, 0.3) is 0 Å². The van der Waals surface area contributed by atoms with Crippen LogP contribution in [0.15, 0.2) is 52.1 Å². The molecular weight excluding hydrogens is 458 g/mol. The van der Waals surface area contributed by atoms with Gasteiger partial charge in [0, 0.05) is 25.6 Å². The zero-order valence-electron chi connectivity index (χ0n) is 14.1. The summed E-state index contributed by atoms with van der Waals surface area (Å²) in [5, 5.41) is 6.07. The Kier molecular flexibility index (Phi) is 9.05. The predicted molar refractivity (Wildman–Crippen MR) is 106 cm³/mol. The van der Waals surface area contributed by atoms with E-state index in [0.717, 1.165) is 17.9 Å². The van der Waals surface area contributed by atoms with Crippen molar-refractivity contribution in [1.29, 1.82) is 0 Å². The standard InChI is InChI=1S/C18H18F3N3O.HI/c1-22-17(24-11-9-16-8-4-12-25-16)23-10-3-6-14-5-2-7-15(13-14)18(19,20)21;/h2,4-5,7-8,12-13H,9-11H2,1H3,(H2,22,23,24);1H. The lowest BCUT2D eigenvalue weighted by atomic mass is 10.1. The third-order valence-corrected chi connectivity index (χ3v) is 3.23. The molecule has 0 radical (unpaired) electrons. The van der Waals surface area contributed by atoms with Crippen molar-refractivity contribution in [1.82, 2.24) is 10.6 Å². The maximum absolute atomic E-state index is 12.6. The van der Waals surface area contributed by atoms with Gasteiger partial charge in [-0.3, -0.25) is 4.99 Å². The van der Waals surface area contributed by atoms with Gasteiger partial charge < -0.3 is 15.1 Å². The van der Waals surface area contributed by atoms with Gasteiger partial charge in [0.15, 0.2) is 5.96 Å². The van der Waals surface area contributed by atoms with E-state index in [1.54, 1.807) is 19.4 Å². The van der Waals surface area contributed by atoms with Crippen molar-refractivity contribution in [2.24, 2.45) is 4.99 Å².